The minimum Gasteiger partial charge on any atom is -0.507 e. The monoisotopic (exact) mass is 620 g/mol. The third-order valence-corrected chi connectivity index (χ3v) is 6.19. The lowest BCUT2D eigenvalue weighted by molar-refractivity contribution is -0.282. The molecule has 0 spiro atoms. The predicted molar refractivity (Wildman–Crippen MR) is 139 cm³/mol. The quantitative estimate of drug-likeness (QED) is 0.0874. The summed E-state index contributed by atoms with van der Waals surface area (Å²) in [6.45, 7) is -0.833. The molecule has 0 amide bonds. The van der Waals surface area contributed by atoms with E-state index in [1.54, 1.807) is 0 Å². The van der Waals surface area contributed by atoms with E-state index < -0.39 is 96.7 Å². The van der Waals surface area contributed by atoms with Gasteiger partial charge in [-0.1, -0.05) is 0 Å². The number of fused-ring (bicyclic) bond motifs is 1. The van der Waals surface area contributed by atoms with E-state index in [-0.39, 0.29) is 28.4 Å². The first-order valence-electron chi connectivity index (χ1n) is 12.5. The van der Waals surface area contributed by atoms with E-state index in [1.807, 2.05) is 0 Å². The molecule has 1 fully saturated rings. The Hall–Kier alpha value is -5.39. The lowest BCUT2D eigenvalue weighted by Crippen LogP contribution is -2.61. The lowest BCUT2D eigenvalue weighted by Gasteiger charge is -2.41. The first-order valence-corrected chi connectivity index (χ1v) is 12.5. The van der Waals surface area contributed by atoms with Crippen LogP contribution in [-0.4, -0.2) is 96.9 Å². The molecule has 0 saturated carbocycles. The van der Waals surface area contributed by atoms with Crippen LogP contribution in [-0.2, 0) is 33.4 Å². The van der Waals surface area contributed by atoms with E-state index in [9.17, 15) is 49.5 Å². The Morgan fingerprint density at radius 1 is 0.818 bits per heavy atom. The van der Waals surface area contributed by atoms with Crippen molar-refractivity contribution in [1.82, 2.24) is 0 Å². The van der Waals surface area contributed by atoms with Gasteiger partial charge in [-0.05, 0) is 24.3 Å². The number of aliphatic carboxylic acids is 2. The number of ether oxygens (including phenoxy) is 4. The molecule has 2 heterocycles. The topological polar surface area (TPSA) is 277 Å². The number of rotatable bonds is 10. The normalized spacial score (nSPS) is 21.4. The van der Waals surface area contributed by atoms with E-state index in [0.717, 1.165) is 30.3 Å². The predicted octanol–water partition coefficient (Wildman–Crippen LogP) is -0.242. The second-order valence-corrected chi connectivity index (χ2v) is 9.42. The molecule has 1 aromatic rings. The Morgan fingerprint density at radius 3 is 2.16 bits per heavy atom. The van der Waals surface area contributed by atoms with Crippen molar-refractivity contribution < 1.29 is 78.3 Å². The summed E-state index contributed by atoms with van der Waals surface area (Å²) in [5, 5.41) is 69.5. The number of carboxylic acids is 2. The van der Waals surface area contributed by atoms with Crippen LogP contribution in [0.25, 0.3) is 22.6 Å². The number of carboxylic acid groups (broad SMARTS) is 2. The highest BCUT2D eigenvalue weighted by atomic mass is 16.7. The van der Waals surface area contributed by atoms with Crippen LogP contribution in [0.4, 0.5) is 0 Å². The molecule has 4 rings (SSSR count). The van der Waals surface area contributed by atoms with E-state index >= 15 is 0 Å². The van der Waals surface area contributed by atoms with Crippen LogP contribution in [0.5, 0.6) is 23.0 Å². The molecule has 1 aromatic carbocycles. The van der Waals surface area contributed by atoms with Crippen molar-refractivity contribution in [2.45, 2.75) is 43.5 Å². The molecule has 17 heteroatoms. The van der Waals surface area contributed by atoms with Crippen molar-refractivity contribution in [1.29, 1.82) is 0 Å². The Bertz CT molecular complexity index is 1610. The summed E-state index contributed by atoms with van der Waals surface area (Å²) < 4.78 is 26.9. The molecule has 2 aliphatic heterocycles. The average molecular weight is 620 g/mol. The van der Waals surface area contributed by atoms with Crippen LogP contribution in [0.3, 0.4) is 0 Å². The number of aliphatic hydroxyl groups is 2. The maximum Gasteiger partial charge on any atom is 0.317 e. The number of benzene rings is 2. The van der Waals surface area contributed by atoms with E-state index in [2.05, 4.69) is 0 Å². The zero-order valence-corrected chi connectivity index (χ0v) is 22.2. The molecule has 0 unspecified atom stereocenters. The summed E-state index contributed by atoms with van der Waals surface area (Å²) in [5.41, 5.74) is -0.652. The van der Waals surface area contributed by atoms with Gasteiger partial charge in [0, 0.05) is 17.7 Å². The van der Waals surface area contributed by atoms with Gasteiger partial charge in [0.25, 0.3) is 0 Å². The maximum absolute atomic E-state index is 12.1. The van der Waals surface area contributed by atoms with Gasteiger partial charge in [0.2, 0.25) is 6.29 Å². The fraction of sp³-hybridized carbons (Fsp3) is 0.296. The van der Waals surface area contributed by atoms with Crippen molar-refractivity contribution >= 4 is 23.9 Å². The zero-order chi connectivity index (χ0) is 32.3. The number of esters is 2. The van der Waals surface area contributed by atoms with Gasteiger partial charge in [-0.25, -0.2) is 0 Å². The highest BCUT2D eigenvalue weighted by molar-refractivity contribution is 5.90. The number of aromatic hydroxyl groups is 3. The van der Waals surface area contributed by atoms with E-state index in [4.69, 9.17) is 33.6 Å². The van der Waals surface area contributed by atoms with E-state index in [1.165, 1.54) is 6.07 Å². The van der Waals surface area contributed by atoms with Crippen molar-refractivity contribution in [2.24, 2.45) is 0 Å². The summed E-state index contributed by atoms with van der Waals surface area (Å²) in [6, 6.07) is 6.48. The average Bonchev–Trinajstić information content (AvgIpc) is 2.92. The molecule has 3 aliphatic rings. The molecule has 234 valence electrons. The minimum atomic E-state index is -2.05. The van der Waals surface area contributed by atoms with Crippen LogP contribution in [0.2, 0.25) is 0 Å². The van der Waals surface area contributed by atoms with Gasteiger partial charge in [0.1, 0.15) is 43.2 Å². The summed E-state index contributed by atoms with van der Waals surface area (Å²) >= 11 is 0. The first-order chi connectivity index (χ1) is 20.7. The van der Waals surface area contributed by atoms with Crippen molar-refractivity contribution in [3.8, 4) is 45.6 Å². The van der Waals surface area contributed by atoms with Gasteiger partial charge < -0.3 is 59.1 Å². The SMILES string of the molecule is O=C(O)CC(=O)OC[C@H]1O[C@@H](Oc2cc3c(O)cc(=O)cc-3oc2-c2ccc(O)c(O)c2)[C@H](O)[C@@H](OC(=O)CC(=O)O)[C@@H]1O. The molecule has 7 N–H and O–H groups in total. The van der Waals surface area contributed by atoms with Crippen LogP contribution in [0.1, 0.15) is 12.8 Å². The Kier molecular flexibility index (Phi) is 9.22. The third kappa shape index (κ3) is 7.14. The van der Waals surface area contributed by atoms with Gasteiger partial charge in [-0.3, -0.25) is 24.0 Å². The molecule has 0 radical (unpaired) electrons. The first kappa shape index (κ1) is 31.5. The summed E-state index contributed by atoms with van der Waals surface area (Å²) in [4.78, 5) is 57.6. The van der Waals surface area contributed by atoms with Gasteiger partial charge in [0.15, 0.2) is 40.6 Å². The highest BCUT2D eigenvalue weighted by Gasteiger charge is 2.49. The van der Waals surface area contributed by atoms with E-state index in [0.29, 0.717) is 0 Å². The standard InChI is InChI=1S/C27H24O17/c28-11-4-14(30)12-6-17(25(41-16(12)5-11)10-1-2-13(29)15(31)3-10)42-27-24(39)26(44-22(37)8-20(34)35)23(38)18(43-27)9-40-21(36)7-19(32)33/h1-6,18,23-24,26-27,29-31,38-39H,7-9H2,(H,32,33)(H,34,35)/t18-,23-,24-,26+,27-/m1/s1. The molecule has 44 heavy (non-hydrogen) atoms. The Labute approximate surface area is 245 Å². The van der Waals surface area contributed by atoms with Crippen molar-refractivity contribution in [2.75, 3.05) is 6.61 Å². The van der Waals surface area contributed by atoms with Crippen LogP contribution >= 0.6 is 0 Å². The number of carbonyl (C=O) groups is 4. The van der Waals surface area contributed by atoms with Gasteiger partial charge >= 0.3 is 23.9 Å². The summed E-state index contributed by atoms with van der Waals surface area (Å²) in [6.07, 6.45) is -11.7. The number of phenolic OH excluding ortho intramolecular Hbond substituents is 3. The second kappa shape index (κ2) is 12.9. The zero-order valence-electron chi connectivity index (χ0n) is 22.2. The molecule has 1 aliphatic carbocycles. The molecule has 0 bridgehead atoms. The number of hydrogen-bond acceptors (Lipinski definition) is 15. The second-order valence-electron chi connectivity index (χ2n) is 9.42. The fourth-order valence-corrected chi connectivity index (χ4v) is 4.20. The van der Waals surface area contributed by atoms with Gasteiger partial charge in [-0.2, -0.15) is 0 Å². The van der Waals surface area contributed by atoms with Crippen LogP contribution in [0, 0.1) is 0 Å². The lowest BCUT2D eigenvalue weighted by atomic mass is 9.98. The molecule has 17 nitrogen and oxygen atoms in total. The van der Waals surface area contributed by atoms with Crippen molar-refractivity contribution in [3.63, 3.8) is 0 Å². The number of phenols is 3. The van der Waals surface area contributed by atoms with Gasteiger partial charge in [-0.15, -0.1) is 0 Å². The summed E-state index contributed by atoms with van der Waals surface area (Å²) in [5.74, 6) is -8.06. The molecule has 0 aromatic heterocycles. The number of carbonyl (C=O) groups excluding carboxylic acids is 2. The highest BCUT2D eigenvalue weighted by Crippen LogP contribution is 2.43. The smallest absolute Gasteiger partial charge is 0.317 e. The van der Waals surface area contributed by atoms with Crippen LogP contribution < -0.4 is 10.2 Å². The summed E-state index contributed by atoms with van der Waals surface area (Å²) in [7, 11) is 0. The molecular formula is C27H24O17. The van der Waals surface area contributed by atoms with Crippen molar-refractivity contribution in [3.05, 3.63) is 46.6 Å². The third-order valence-electron chi connectivity index (χ3n) is 6.19. The largest absolute Gasteiger partial charge is 0.507 e. The van der Waals surface area contributed by atoms with Gasteiger partial charge in [0.05, 0.1) is 5.56 Å². The molecule has 1 saturated heterocycles. The fourth-order valence-electron chi connectivity index (χ4n) is 4.20. The molecular weight excluding hydrogens is 596 g/mol. The molecule has 5 atom stereocenters. The maximum atomic E-state index is 12.1. The minimum absolute atomic E-state index is 0.0434. The number of hydrogen-bond donors (Lipinski definition) is 7. The Balaban J connectivity index is 1.75. The van der Waals surface area contributed by atoms with Crippen LogP contribution in [0.15, 0.2) is 45.6 Å². The number of aliphatic hydroxyl groups excluding tert-OH is 2. The Morgan fingerprint density at radius 2 is 1.50 bits per heavy atom.